The van der Waals surface area contributed by atoms with Crippen LogP contribution in [-0.4, -0.2) is 21.9 Å². The first-order valence-corrected chi connectivity index (χ1v) is 4.51. The van der Waals surface area contributed by atoms with Gasteiger partial charge in [0, 0.05) is 19.2 Å². The van der Waals surface area contributed by atoms with Gasteiger partial charge in [-0.25, -0.2) is 4.98 Å². The van der Waals surface area contributed by atoms with Crippen molar-refractivity contribution >= 4 is 5.82 Å². The maximum absolute atomic E-state index is 5.69. The van der Waals surface area contributed by atoms with Crippen LogP contribution in [-0.2, 0) is 7.05 Å². The lowest BCUT2D eigenvalue weighted by Crippen LogP contribution is -1.96. The molecule has 0 unspecified atom stereocenters. The van der Waals surface area contributed by atoms with Crippen molar-refractivity contribution in [3.05, 3.63) is 24.3 Å². The molecule has 0 saturated carbocycles. The van der Waals surface area contributed by atoms with Crippen molar-refractivity contribution in [3.63, 3.8) is 0 Å². The number of nitrogens with two attached hydrogens (primary N) is 1. The first-order chi connectivity index (χ1) is 7.20. The summed E-state index contributed by atoms with van der Waals surface area (Å²) < 4.78 is 6.64. The van der Waals surface area contributed by atoms with Gasteiger partial charge in [-0.2, -0.15) is 5.10 Å². The fourth-order valence-electron chi connectivity index (χ4n) is 1.28. The maximum atomic E-state index is 5.69. The molecule has 2 rings (SSSR count). The second-order valence-electron chi connectivity index (χ2n) is 3.14. The van der Waals surface area contributed by atoms with E-state index in [1.165, 1.54) is 0 Å². The molecular formula is C10H12N4O. The highest BCUT2D eigenvalue weighted by atomic mass is 16.5. The number of rotatable bonds is 2. The average Bonchev–Trinajstić information content (AvgIpc) is 2.59. The number of aromatic nitrogens is 3. The Bertz CT molecular complexity index is 459. The van der Waals surface area contributed by atoms with Gasteiger partial charge in [-0.15, -0.1) is 0 Å². The van der Waals surface area contributed by atoms with Gasteiger partial charge in [-0.1, -0.05) is 6.07 Å². The van der Waals surface area contributed by atoms with Crippen LogP contribution in [0.4, 0.5) is 5.82 Å². The van der Waals surface area contributed by atoms with Crippen molar-refractivity contribution in [1.82, 2.24) is 14.8 Å². The second kappa shape index (κ2) is 3.61. The van der Waals surface area contributed by atoms with Crippen LogP contribution in [0.3, 0.4) is 0 Å². The second-order valence-corrected chi connectivity index (χ2v) is 3.14. The summed E-state index contributed by atoms with van der Waals surface area (Å²) in [5.74, 6) is 1.17. The molecule has 78 valence electrons. The third-order valence-corrected chi connectivity index (χ3v) is 2.11. The Balaban J connectivity index is 2.44. The first-order valence-electron chi connectivity index (χ1n) is 4.51. The molecule has 0 spiro atoms. The van der Waals surface area contributed by atoms with E-state index in [-0.39, 0.29) is 0 Å². The number of hydrogen-bond donors (Lipinski definition) is 1. The predicted molar refractivity (Wildman–Crippen MR) is 57.4 cm³/mol. The minimum Gasteiger partial charge on any atom is -0.481 e. The van der Waals surface area contributed by atoms with Crippen molar-refractivity contribution in [2.24, 2.45) is 7.05 Å². The summed E-state index contributed by atoms with van der Waals surface area (Å²) in [4.78, 5) is 4.26. The molecular weight excluding hydrogens is 192 g/mol. The zero-order valence-electron chi connectivity index (χ0n) is 8.64. The van der Waals surface area contributed by atoms with E-state index in [4.69, 9.17) is 10.5 Å². The molecule has 2 aromatic heterocycles. The highest BCUT2D eigenvalue weighted by molar-refractivity contribution is 5.58. The third-order valence-electron chi connectivity index (χ3n) is 2.11. The summed E-state index contributed by atoms with van der Waals surface area (Å²) in [6.45, 7) is 0. The highest BCUT2D eigenvalue weighted by Gasteiger charge is 2.06. The molecule has 2 N–H and O–H groups in total. The molecule has 2 heterocycles. The molecule has 5 heteroatoms. The van der Waals surface area contributed by atoms with E-state index in [1.807, 2.05) is 12.1 Å². The molecule has 15 heavy (non-hydrogen) atoms. The van der Waals surface area contributed by atoms with Gasteiger partial charge in [0.05, 0.1) is 12.8 Å². The predicted octanol–water partition coefficient (Wildman–Crippen LogP) is 1.07. The van der Waals surface area contributed by atoms with Crippen LogP contribution in [0.2, 0.25) is 0 Å². The van der Waals surface area contributed by atoms with Crippen LogP contribution in [0.15, 0.2) is 24.3 Å². The van der Waals surface area contributed by atoms with Gasteiger partial charge in [0.15, 0.2) is 0 Å². The number of ether oxygens (including phenoxy) is 1. The Hall–Kier alpha value is -2.04. The van der Waals surface area contributed by atoms with E-state index in [9.17, 15) is 0 Å². The lowest BCUT2D eigenvalue weighted by atomic mass is 10.3. The van der Waals surface area contributed by atoms with Crippen LogP contribution in [0, 0.1) is 0 Å². The van der Waals surface area contributed by atoms with E-state index in [0.717, 1.165) is 11.4 Å². The van der Waals surface area contributed by atoms with Crippen molar-refractivity contribution in [3.8, 4) is 17.3 Å². The van der Waals surface area contributed by atoms with Crippen molar-refractivity contribution in [1.29, 1.82) is 0 Å². The lowest BCUT2D eigenvalue weighted by Gasteiger charge is -1.99. The van der Waals surface area contributed by atoms with E-state index >= 15 is 0 Å². The fraction of sp³-hybridized carbons (Fsp3) is 0.200. The molecule has 0 fully saturated rings. The molecule has 5 nitrogen and oxygen atoms in total. The molecule has 0 radical (unpaired) electrons. The number of nitrogens with zero attached hydrogens (tertiary/aromatic N) is 3. The quantitative estimate of drug-likeness (QED) is 0.794. The smallest absolute Gasteiger partial charge is 0.213 e. The summed E-state index contributed by atoms with van der Waals surface area (Å²) in [6.07, 6.45) is 0. The van der Waals surface area contributed by atoms with Crippen LogP contribution >= 0.6 is 0 Å². The molecule has 0 atom stereocenters. The van der Waals surface area contributed by atoms with Gasteiger partial charge in [0.1, 0.15) is 11.5 Å². The van der Waals surface area contributed by atoms with Crippen LogP contribution in [0.25, 0.3) is 11.4 Å². The van der Waals surface area contributed by atoms with Gasteiger partial charge >= 0.3 is 0 Å². The molecule has 0 aromatic carbocycles. The summed E-state index contributed by atoms with van der Waals surface area (Å²) in [5.41, 5.74) is 7.19. The van der Waals surface area contributed by atoms with Crippen molar-refractivity contribution in [2.45, 2.75) is 0 Å². The molecule has 0 bridgehead atoms. The summed E-state index contributed by atoms with van der Waals surface area (Å²) >= 11 is 0. The van der Waals surface area contributed by atoms with Gasteiger partial charge < -0.3 is 10.5 Å². The molecule has 0 amide bonds. The maximum Gasteiger partial charge on any atom is 0.213 e. The van der Waals surface area contributed by atoms with Gasteiger partial charge in [0.2, 0.25) is 5.88 Å². The minimum atomic E-state index is 0.566. The van der Waals surface area contributed by atoms with Crippen molar-refractivity contribution in [2.75, 3.05) is 12.8 Å². The number of pyridine rings is 1. The van der Waals surface area contributed by atoms with E-state index in [0.29, 0.717) is 11.7 Å². The van der Waals surface area contributed by atoms with Crippen molar-refractivity contribution < 1.29 is 4.74 Å². The average molecular weight is 204 g/mol. The zero-order chi connectivity index (χ0) is 10.8. The summed E-state index contributed by atoms with van der Waals surface area (Å²) in [5, 5.41) is 4.23. The fourth-order valence-corrected chi connectivity index (χ4v) is 1.28. The number of anilines is 1. The molecule has 0 saturated heterocycles. The molecule has 0 aliphatic heterocycles. The van der Waals surface area contributed by atoms with Crippen LogP contribution < -0.4 is 10.5 Å². The molecule has 2 aromatic rings. The minimum absolute atomic E-state index is 0.566. The Morgan fingerprint density at radius 1 is 1.33 bits per heavy atom. The first kappa shape index (κ1) is 9.51. The van der Waals surface area contributed by atoms with E-state index in [1.54, 1.807) is 31.0 Å². The van der Waals surface area contributed by atoms with Crippen LogP contribution in [0.5, 0.6) is 5.88 Å². The molecule has 0 aliphatic rings. The largest absolute Gasteiger partial charge is 0.481 e. The Morgan fingerprint density at radius 3 is 2.73 bits per heavy atom. The van der Waals surface area contributed by atoms with Gasteiger partial charge in [-0.3, -0.25) is 4.68 Å². The normalized spacial score (nSPS) is 10.3. The number of aryl methyl sites for hydroxylation is 1. The summed E-state index contributed by atoms with van der Waals surface area (Å²) in [7, 11) is 3.37. The van der Waals surface area contributed by atoms with E-state index in [2.05, 4.69) is 10.1 Å². The standard InChI is InChI=1S/C10H12N4O/c1-14-9(11)6-8(13-14)7-4-3-5-10(12-7)15-2/h3-6H,11H2,1-2H3. The SMILES string of the molecule is COc1cccc(-c2cc(N)n(C)n2)n1. The van der Waals surface area contributed by atoms with Crippen LogP contribution in [0.1, 0.15) is 0 Å². The number of nitrogen functional groups attached to an aromatic ring is 1. The van der Waals surface area contributed by atoms with Gasteiger partial charge in [0.25, 0.3) is 0 Å². The number of hydrogen-bond acceptors (Lipinski definition) is 4. The monoisotopic (exact) mass is 204 g/mol. The lowest BCUT2D eigenvalue weighted by molar-refractivity contribution is 0.398. The Morgan fingerprint density at radius 2 is 2.13 bits per heavy atom. The highest BCUT2D eigenvalue weighted by Crippen LogP contribution is 2.19. The third kappa shape index (κ3) is 1.76. The van der Waals surface area contributed by atoms with Gasteiger partial charge in [-0.05, 0) is 6.07 Å². The number of methoxy groups -OCH3 is 1. The zero-order valence-corrected chi connectivity index (χ0v) is 8.64. The Kier molecular flexibility index (Phi) is 2.29. The molecule has 0 aliphatic carbocycles. The summed E-state index contributed by atoms with van der Waals surface area (Å²) in [6, 6.07) is 7.30. The topological polar surface area (TPSA) is 66.0 Å². The Labute approximate surface area is 87.5 Å². The van der Waals surface area contributed by atoms with E-state index < -0.39 is 0 Å².